The Bertz CT molecular complexity index is 1000. The highest BCUT2D eigenvalue weighted by atomic mass is 16.2. The van der Waals surface area contributed by atoms with Crippen molar-refractivity contribution in [1.82, 2.24) is 15.5 Å². The Morgan fingerprint density at radius 3 is 2.62 bits per heavy atom. The van der Waals surface area contributed by atoms with Gasteiger partial charge in [-0.3, -0.25) is 4.79 Å². The molecule has 2 aromatic rings. The maximum absolute atomic E-state index is 14.4. The fourth-order valence-electron chi connectivity index (χ4n) is 7.20. The first kappa shape index (κ1) is 23.6. The second-order valence-corrected chi connectivity index (χ2v) is 10.9. The number of carbonyl (C=O) groups is 1. The van der Waals surface area contributed by atoms with Gasteiger partial charge in [-0.05, 0) is 48.3 Å². The van der Waals surface area contributed by atoms with E-state index < -0.39 is 0 Å². The Kier molecular flexibility index (Phi) is 6.81. The average molecular weight is 460 g/mol. The number of fused-ring (bicyclic) bond motifs is 2. The summed E-state index contributed by atoms with van der Waals surface area (Å²) >= 11 is 0. The number of nitrogens with zero attached hydrogens (tertiary/aromatic N) is 1. The van der Waals surface area contributed by atoms with Gasteiger partial charge in [0.2, 0.25) is 5.91 Å². The van der Waals surface area contributed by atoms with E-state index in [-0.39, 0.29) is 11.3 Å². The summed E-state index contributed by atoms with van der Waals surface area (Å²) in [5.74, 6) is 1.47. The largest absolute Gasteiger partial charge is 0.339 e. The second kappa shape index (κ2) is 9.83. The second-order valence-electron chi connectivity index (χ2n) is 10.9. The van der Waals surface area contributed by atoms with Crippen molar-refractivity contribution in [3.63, 3.8) is 0 Å². The van der Waals surface area contributed by atoms with Gasteiger partial charge >= 0.3 is 0 Å². The lowest BCUT2D eigenvalue weighted by molar-refractivity contribution is -0.142. The van der Waals surface area contributed by atoms with Crippen molar-refractivity contribution in [2.45, 2.75) is 70.4 Å². The number of hydrogen-bond acceptors (Lipinski definition) is 3. The van der Waals surface area contributed by atoms with E-state index in [1.54, 1.807) is 0 Å². The van der Waals surface area contributed by atoms with Crippen molar-refractivity contribution in [2.24, 2.45) is 11.8 Å². The Morgan fingerprint density at radius 1 is 1.09 bits per heavy atom. The van der Waals surface area contributed by atoms with Crippen LogP contribution in [0.3, 0.4) is 0 Å². The molecule has 2 N–H and O–H groups in total. The van der Waals surface area contributed by atoms with Crippen LogP contribution in [0.5, 0.6) is 0 Å². The van der Waals surface area contributed by atoms with Gasteiger partial charge < -0.3 is 15.5 Å². The Labute approximate surface area is 205 Å². The van der Waals surface area contributed by atoms with Gasteiger partial charge in [-0.15, -0.1) is 0 Å². The monoisotopic (exact) mass is 459 g/mol. The molecule has 0 saturated carbocycles. The zero-order chi connectivity index (χ0) is 23.7. The van der Waals surface area contributed by atoms with Crippen molar-refractivity contribution in [1.29, 1.82) is 0 Å². The molecule has 1 amide bonds. The molecule has 3 aliphatic heterocycles. The molecule has 2 fully saturated rings. The van der Waals surface area contributed by atoms with Crippen LogP contribution in [0.2, 0.25) is 0 Å². The first-order valence-corrected chi connectivity index (χ1v) is 13.4. The van der Waals surface area contributed by atoms with Crippen LogP contribution in [0.1, 0.15) is 67.7 Å². The van der Waals surface area contributed by atoms with Gasteiger partial charge in [0.05, 0.1) is 5.92 Å². The first-order valence-electron chi connectivity index (χ1n) is 13.4. The predicted octanol–water partition coefficient (Wildman–Crippen LogP) is 4.77. The van der Waals surface area contributed by atoms with Gasteiger partial charge in [-0.25, -0.2) is 0 Å². The summed E-state index contributed by atoms with van der Waals surface area (Å²) in [6.45, 7) is 11.1. The zero-order valence-corrected chi connectivity index (χ0v) is 21.1. The van der Waals surface area contributed by atoms with E-state index in [1.807, 2.05) is 0 Å². The number of benzene rings is 2. The van der Waals surface area contributed by atoms with Crippen LogP contribution in [-0.2, 0) is 16.8 Å². The number of aryl methyl sites for hydroxylation is 1. The third-order valence-electron chi connectivity index (χ3n) is 9.10. The SMILES string of the molecule is CCC(CC)[C@@H]1C[C@H](c2ccccc2)CCN1C(=O)[C@@H]1CNC[C@]12CNCc1cc(C)ccc12. The molecule has 2 aromatic carbocycles. The van der Waals surface area contributed by atoms with E-state index >= 15 is 0 Å². The van der Waals surface area contributed by atoms with Crippen molar-refractivity contribution < 1.29 is 4.79 Å². The molecule has 34 heavy (non-hydrogen) atoms. The van der Waals surface area contributed by atoms with E-state index in [0.29, 0.717) is 23.8 Å². The van der Waals surface area contributed by atoms with E-state index in [9.17, 15) is 4.79 Å². The number of piperidine rings is 1. The lowest BCUT2D eigenvalue weighted by Crippen LogP contribution is -2.57. The molecule has 3 heterocycles. The molecular weight excluding hydrogens is 418 g/mol. The lowest BCUT2D eigenvalue weighted by atomic mass is 9.67. The molecular formula is C30H41N3O. The summed E-state index contributed by atoms with van der Waals surface area (Å²) < 4.78 is 0. The zero-order valence-electron chi connectivity index (χ0n) is 21.1. The van der Waals surface area contributed by atoms with E-state index in [4.69, 9.17) is 0 Å². The smallest absolute Gasteiger partial charge is 0.228 e. The molecule has 5 rings (SSSR count). The lowest BCUT2D eigenvalue weighted by Gasteiger charge is -2.47. The summed E-state index contributed by atoms with van der Waals surface area (Å²) in [4.78, 5) is 16.7. The minimum atomic E-state index is -0.146. The van der Waals surface area contributed by atoms with Crippen LogP contribution in [-0.4, -0.2) is 43.0 Å². The molecule has 1 spiro atoms. The normalized spacial score (nSPS) is 28.9. The summed E-state index contributed by atoms with van der Waals surface area (Å²) in [6.07, 6.45) is 4.41. The van der Waals surface area contributed by atoms with Crippen LogP contribution >= 0.6 is 0 Å². The Balaban J connectivity index is 1.45. The van der Waals surface area contributed by atoms with Gasteiger partial charge in [0.15, 0.2) is 0 Å². The number of amides is 1. The van der Waals surface area contributed by atoms with Crippen molar-refractivity contribution in [2.75, 3.05) is 26.2 Å². The maximum atomic E-state index is 14.4. The van der Waals surface area contributed by atoms with Gasteiger partial charge in [-0.2, -0.15) is 0 Å². The number of hydrogen-bond donors (Lipinski definition) is 2. The molecule has 4 heteroatoms. The highest BCUT2D eigenvalue weighted by Gasteiger charge is 2.52. The highest BCUT2D eigenvalue weighted by Crippen LogP contribution is 2.43. The van der Waals surface area contributed by atoms with Crippen LogP contribution in [0.25, 0.3) is 0 Å². The minimum Gasteiger partial charge on any atom is -0.339 e. The van der Waals surface area contributed by atoms with Gasteiger partial charge in [0, 0.05) is 44.2 Å². The van der Waals surface area contributed by atoms with Crippen molar-refractivity contribution in [3.8, 4) is 0 Å². The molecule has 4 nitrogen and oxygen atoms in total. The average Bonchev–Trinajstić information content (AvgIpc) is 3.28. The Hall–Kier alpha value is -2.17. The highest BCUT2D eigenvalue weighted by molar-refractivity contribution is 5.82. The number of nitrogens with one attached hydrogen (secondary N) is 2. The molecule has 3 aliphatic rings. The topological polar surface area (TPSA) is 44.4 Å². The molecule has 4 atom stereocenters. The molecule has 2 saturated heterocycles. The molecule has 0 bridgehead atoms. The van der Waals surface area contributed by atoms with E-state index in [0.717, 1.165) is 58.4 Å². The first-order chi connectivity index (χ1) is 16.6. The third kappa shape index (κ3) is 4.09. The standard InChI is InChI=1S/C30H41N3O/c1-4-22(5-2)28-16-24(23-9-7-6-8-10-23)13-14-33(28)29(34)27-18-32-20-30(27)19-31-17-25-15-21(3)11-12-26(25)30/h6-12,15,22,24,27-28,31-32H,4-5,13-14,16-20H2,1-3H3/t24-,27+,28+,30+/m1/s1. The molecule has 0 aliphatic carbocycles. The van der Waals surface area contributed by atoms with Gasteiger partial charge in [0.25, 0.3) is 0 Å². The van der Waals surface area contributed by atoms with Crippen LogP contribution in [0.15, 0.2) is 48.5 Å². The molecule has 0 radical (unpaired) electrons. The van der Waals surface area contributed by atoms with Crippen LogP contribution < -0.4 is 10.6 Å². The van der Waals surface area contributed by atoms with Gasteiger partial charge in [0.1, 0.15) is 0 Å². The minimum absolute atomic E-state index is 0.00751. The number of rotatable bonds is 5. The summed E-state index contributed by atoms with van der Waals surface area (Å²) in [7, 11) is 0. The van der Waals surface area contributed by atoms with E-state index in [1.165, 1.54) is 22.3 Å². The predicted molar refractivity (Wildman–Crippen MR) is 139 cm³/mol. The van der Waals surface area contributed by atoms with E-state index in [2.05, 4.69) is 84.8 Å². The van der Waals surface area contributed by atoms with Crippen molar-refractivity contribution >= 4 is 5.91 Å². The number of likely N-dealkylation sites (tertiary alicyclic amines) is 1. The van der Waals surface area contributed by atoms with Crippen LogP contribution in [0, 0.1) is 18.8 Å². The van der Waals surface area contributed by atoms with Crippen LogP contribution in [0.4, 0.5) is 0 Å². The quantitative estimate of drug-likeness (QED) is 0.677. The van der Waals surface area contributed by atoms with Crippen molar-refractivity contribution in [3.05, 3.63) is 70.8 Å². The molecule has 182 valence electrons. The molecule has 0 aromatic heterocycles. The summed E-state index contributed by atoms with van der Waals surface area (Å²) in [6, 6.07) is 18.1. The third-order valence-corrected chi connectivity index (χ3v) is 9.10. The van der Waals surface area contributed by atoms with Gasteiger partial charge in [-0.1, -0.05) is 80.8 Å². The fourth-order valence-corrected chi connectivity index (χ4v) is 7.20. The fraction of sp³-hybridized carbons (Fsp3) is 0.567. The summed E-state index contributed by atoms with van der Waals surface area (Å²) in [5.41, 5.74) is 5.34. The number of carbonyl (C=O) groups excluding carboxylic acids is 1. The Morgan fingerprint density at radius 2 is 1.85 bits per heavy atom. The summed E-state index contributed by atoms with van der Waals surface area (Å²) in [5, 5.41) is 7.29. The maximum Gasteiger partial charge on any atom is 0.228 e. The molecule has 0 unspecified atom stereocenters.